The molecule has 0 spiro atoms. The van der Waals surface area contributed by atoms with E-state index in [4.69, 9.17) is 23.2 Å². The fourth-order valence-corrected chi connectivity index (χ4v) is 7.18. The van der Waals surface area contributed by atoms with Gasteiger partial charge in [-0.05, 0) is 67.3 Å². The van der Waals surface area contributed by atoms with E-state index >= 15 is 0 Å². The van der Waals surface area contributed by atoms with Crippen molar-refractivity contribution in [1.82, 2.24) is 10.2 Å². The Morgan fingerprint density at radius 2 is 1.64 bits per heavy atom. The summed E-state index contributed by atoms with van der Waals surface area (Å²) in [6.07, 6.45) is 5.19. The number of hydrogen-bond acceptors (Lipinski definition) is 4. The van der Waals surface area contributed by atoms with E-state index in [-0.39, 0.29) is 34.1 Å². The molecule has 1 fully saturated rings. The lowest BCUT2D eigenvalue weighted by atomic mass is 9.95. The number of nitrogens with zero attached hydrogens (tertiary/aromatic N) is 2. The summed E-state index contributed by atoms with van der Waals surface area (Å²) in [5, 5.41) is 3.44. The Balaban J connectivity index is 1.72. The summed E-state index contributed by atoms with van der Waals surface area (Å²) in [4.78, 5) is 29.0. The molecule has 224 valence electrons. The van der Waals surface area contributed by atoms with Crippen molar-refractivity contribution in [1.29, 1.82) is 0 Å². The molecule has 1 N–H and O–H groups in total. The Morgan fingerprint density at radius 3 is 2.26 bits per heavy atom. The van der Waals surface area contributed by atoms with Gasteiger partial charge in [0.2, 0.25) is 11.8 Å². The molecular weight excluding hydrogens is 600 g/mol. The third-order valence-electron chi connectivity index (χ3n) is 7.39. The van der Waals surface area contributed by atoms with E-state index in [9.17, 15) is 22.4 Å². The van der Waals surface area contributed by atoms with Crippen molar-refractivity contribution in [2.45, 2.75) is 69.0 Å². The highest BCUT2D eigenvalue weighted by Gasteiger charge is 2.35. The Bertz CT molecular complexity index is 1480. The van der Waals surface area contributed by atoms with Crippen LogP contribution in [0.2, 0.25) is 10.0 Å². The standard InChI is InChI=1S/C31H34Cl2FN3O4S/c1-2-28(31(39)35-25-9-5-3-6-10-25)36(20-22-13-16-24(34)17-14-22)30(38)21-37(29-18-15-23(32)19-27(29)33)42(40,41)26-11-7-4-8-12-26/h4,7-8,11-19,25,28H,2-3,5-6,9-10,20-21H2,1H3,(H,35,39). The molecule has 4 rings (SSSR count). The SMILES string of the molecule is CCC(C(=O)NC1CCCCC1)N(Cc1ccc(F)cc1)C(=O)CN(c1ccc(Cl)cc1Cl)S(=O)(=O)c1ccccc1. The van der Waals surface area contributed by atoms with Crippen molar-refractivity contribution in [2.24, 2.45) is 0 Å². The van der Waals surface area contributed by atoms with Gasteiger partial charge in [-0.2, -0.15) is 0 Å². The molecule has 0 aliphatic heterocycles. The molecule has 1 atom stereocenters. The molecule has 1 aliphatic carbocycles. The predicted octanol–water partition coefficient (Wildman–Crippen LogP) is 6.58. The van der Waals surface area contributed by atoms with Crippen LogP contribution in [0.25, 0.3) is 0 Å². The van der Waals surface area contributed by atoms with Crippen LogP contribution in [0.4, 0.5) is 10.1 Å². The van der Waals surface area contributed by atoms with Gasteiger partial charge in [-0.3, -0.25) is 13.9 Å². The third kappa shape index (κ3) is 7.82. The van der Waals surface area contributed by atoms with Crippen LogP contribution in [-0.4, -0.2) is 43.8 Å². The number of carbonyl (C=O) groups excluding carboxylic acids is 2. The Labute approximate surface area is 256 Å². The molecule has 1 aliphatic rings. The minimum atomic E-state index is -4.26. The number of halogens is 3. The lowest BCUT2D eigenvalue weighted by Gasteiger charge is -2.34. The van der Waals surface area contributed by atoms with E-state index in [1.807, 2.05) is 0 Å². The van der Waals surface area contributed by atoms with Crippen LogP contribution in [0.5, 0.6) is 0 Å². The minimum absolute atomic E-state index is 0.0194. The first-order valence-electron chi connectivity index (χ1n) is 14.0. The van der Waals surface area contributed by atoms with Gasteiger partial charge in [0, 0.05) is 17.6 Å². The Hall–Kier alpha value is -3.14. The van der Waals surface area contributed by atoms with E-state index in [0.29, 0.717) is 17.0 Å². The van der Waals surface area contributed by atoms with Gasteiger partial charge in [0.05, 0.1) is 15.6 Å². The molecule has 1 saturated carbocycles. The Kier molecular flexibility index (Phi) is 10.9. The van der Waals surface area contributed by atoms with Crippen molar-refractivity contribution in [2.75, 3.05) is 10.8 Å². The quantitative estimate of drug-likeness (QED) is 0.258. The number of nitrogens with one attached hydrogen (secondary N) is 1. The summed E-state index contributed by atoms with van der Waals surface area (Å²) in [7, 11) is -4.26. The molecule has 0 radical (unpaired) electrons. The molecule has 3 aromatic carbocycles. The largest absolute Gasteiger partial charge is 0.352 e. The molecule has 42 heavy (non-hydrogen) atoms. The zero-order valence-corrected chi connectivity index (χ0v) is 25.6. The maximum absolute atomic E-state index is 14.1. The summed E-state index contributed by atoms with van der Waals surface area (Å²) >= 11 is 12.5. The zero-order chi connectivity index (χ0) is 30.3. The smallest absolute Gasteiger partial charge is 0.264 e. The molecule has 1 unspecified atom stereocenters. The van der Waals surface area contributed by atoms with E-state index in [0.717, 1.165) is 36.4 Å². The summed E-state index contributed by atoms with van der Waals surface area (Å²) < 4.78 is 42.4. The average Bonchev–Trinajstić information content (AvgIpc) is 2.98. The molecule has 0 bridgehead atoms. The van der Waals surface area contributed by atoms with Crippen LogP contribution in [-0.2, 0) is 26.2 Å². The lowest BCUT2D eigenvalue weighted by molar-refractivity contribution is -0.140. The number of benzene rings is 3. The number of amides is 2. The van der Waals surface area contributed by atoms with Crippen LogP contribution in [0.15, 0.2) is 77.7 Å². The van der Waals surface area contributed by atoms with E-state index in [2.05, 4.69) is 5.32 Å². The van der Waals surface area contributed by atoms with Gasteiger partial charge in [0.15, 0.2) is 0 Å². The molecule has 11 heteroatoms. The molecule has 0 aromatic heterocycles. The molecule has 0 saturated heterocycles. The average molecular weight is 635 g/mol. The van der Waals surface area contributed by atoms with Crippen LogP contribution in [0.1, 0.15) is 51.0 Å². The van der Waals surface area contributed by atoms with E-state index in [1.54, 1.807) is 25.1 Å². The summed E-state index contributed by atoms with van der Waals surface area (Å²) in [6.45, 7) is 1.14. The number of rotatable bonds is 11. The highest BCUT2D eigenvalue weighted by atomic mass is 35.5. The van der Waals surface area contributed by atoms with Crippen molar-refractivity contribution >= 4 is 50.7 Å². The highest BCUT2D eigenvalue weighted by molar-refractivity contribution is 7.92. The first kappa shape index (κ1) is 31.8. The molecule has 3 aromatic rings. The summed E-state index contributed by atoms with van der Waals surface area (Å²) in [6, 6.07) is 16.8. The van der Waals surface area contributed by atoms with Crippen molar-refractivity contribution < 1.29 is 22.4 Å². The second-order valence-electron chi connectivity index (χ2n) is 10.3. The minimum Gasteiger partial charge on any atom is -0.352 e. The molecular formula is C31H34Cl2FN3O4S. The van der Waals surface area contributed by atoms with Gasteiger partial charge in [0.25, 0.3) is 10.0 Å². The second kappa shape index (κ2) is 14.4. The topological polar surface area (TPSA) is 86.8 Å². The molecule has 0 heterocycles. The predicted molar refractivity (Wildman–Crippen MR) is 163 cm³/mol. The lowest BCUT2D eigenvalue weighted by Crippen LogP contribution is -2.54. The van der Waals surface area contributed by atoms with Crippen LogP contribution < -0.4 is 9.62 Å². The number of sulfonamides is 1. The van der Waals surface area contributed by atoms with Crippen molar-refractivity contribution in [3.63, 3.8) is 0 Å². The van der Waals surface area contributed by atoms with Crippen LogP contribution in [0.3, 0.4) is 0 Å². The fourth-order valence-electron chi connectivity index (χ4n) is 5.17. The second-order valence-corrected chi connectivity index (χ2v) is 13.0. The first-order valence-corrected chi connectivity index (χ1v) is 16.2. The van der Waals surface area contributed by atoms with Gasteiger partial charge >= 0.3 is 0 Å². The van der Waals surface area contributed by atoms with E-state index in [1.165, 1.54) is 59.5 Å². The first-order chi connectivity index (χ1) is 20.1. The number of anilines is 1. The Morgan fingerprint density at radius 1 is 0.976 bits per heavy atom. The number of carbonyl (C=O) groups is 2. The zero-order valence-electron chi connectivity index (χ0n) is 23.3. The van der Waals surface area contributed by atoms with Gasteiger partial charge in [0.1, 0.15) is 18.4 Å². The maximum atomic E-state index is 14.1. The van der Waals surface area contributed by atoms with E-state index < -0.39 is 34.3 Å². The van der Waals surface area contributed by atoms with Gasteiger partial charge < -0.3 is 10.2 Å². The van der Waals surface area contributed by atoms with Crippen LogP contribution >= 0.6 is 23.2 Å². The monoisotopic (exact) mass is 633 g/mol. The van der Waals surface area contributed by atoms with Gasteiger partial charge in [-0.25, -0.2) is 12.8 Å². The number of hydrogen-bond donors (Lipinski definition) is 1. The summed E-state index contributed by atoms with van der Waals surface area (Å²) in [5.41, 5.74) is 0.662. The highest BCUT2D eigenvalue weighted by Crippen LogP contribution is 2.33. The molecule has 2 amide bonds. The summed E-state index contributed by atoms with van der Waals surface area (Å²) in [5.74, 6) is -1.35. The maximum Gasteiger partial charge on any atom is 0.264 e. The normalized spacial score (nSPS) is 14.7. The van der Waals surface area contributed by atoms with Crippen molar-refractivity contribution in [3.05, 3.63) is 94.2 Å². The van der Waals surface area contributed by atoms with Gasteiger partial charge in [-0.15, -0.1) is 0 Å². The third-order valence-corrected chi connectivity index (χ3v) is 9.70. The molecule has 7 nitrogen and oxygen atoms in total. The van der Waals surface area contributed by atoms with Crippen molar-refractivity contribution in [3.8, 4) is 0 Å². The van der Waals surface area contributed by atoms with Gasteiger partial charge in [-0.1, -0.05) is 79.7 Å². The fraction of sp³-hybridized carbons (Fsp3) is 0.355. The van der Waals surface area contributed by atoms with Crippen LogP contribution in [0, 0.1) is 5.82 Å².